The molecule has 2 rings (SSSR count). The molecule has 1 aromatic rings. The minimum atomic E-state index is -0.290. The quantitative estimate of drug-likeness (QED) is 0.746. The molecular weight excluding hydrogens is 218 g/mol. The van der Waals surface area contributed by atoms with Gasteiger partial charge < -0.3 is 10.1 Å². The van der Waals surface area contributed by atoms with Crippen LogP contribution >= 0.6 is 0 Å². The van der Waals surface area contributed by atoms with Crippen molar-refractivity contribution < 1.29 is 9.53 Å². The van der Waals surface area contributed by atoms with Crippen LogP contribution in [-0.2, 0) is 16.1 Å². The highest BCUT2D eigenvalue weighted by Crippen LogP contribution is 2.20. The van der Waals surface area contributed by atoms with Crippen molar-refractivity contribution in [3.05, 3.63) is 18.0 Å². The van der Waals surface area contributed by atoms with Crippen LogP contribution in [-0.4, -0.2) is 34.4 Å². The summed E-state index contributed by atoms with van der Waals surface area (Å²) in [4.78, 5) is 11.8. The van der Waals surface area contributed by atoms with Crippen molar-refractivity contribution in [2.24, 2.45) is 0 Å². The molecule has 0 radical (unpaired) electrons. The fraction of sp³-hybridized carbons (Fsp3) is 0.667. The van der Waals surface area contributed by atoms with Crippen LogP contribution in [0.4, 0.5) is 0 Å². The Kier molecular flexibility index (Phi) is 3.78. The molecule has 0 spiro atoms. The molecular formula is C12H19N3O2. The van der Waals surface area contributed by atoms with Crippen molar-refractivity contribution in [3.8, 4) is 0 Å². The normalized spacial score (nSPS) is 16.8. The highest BCUT2D eigenvalue weighted by molar-refractivity contribution is 5.75. The molecule has 1 heterocycles. The number of aryl methyl sites for hydroxylation is 1. The Morgan fingerprint density at radius 1 is 1.71 bits per heavy atom. The van der Waals surface area contributed by atoms with E-state index in [1.165, 1.54) is 0 Å². The largest absolute Gasteiger partial charge is 0.465 e. The minimum Gasteiger partial charge on any atom is -0.465 e. The van der Waals surface area contributed by atoms with E-state index < -0.39 is 0 Å². The van der Waals surface area contributed by atoms with Gasteiger partial charge in [-0.15, -0.1) is 0 Å². The van der Waals surface area contributed by atoms with Crippen LogP contribution in [0.1, 0.15) is 25.5 Å². The Morgan fingerprint density at radius 3 is 3.00 bits per heavy atom. The maximum absolute atomic E-state index is 11.8. The van der Waals surface area contributed by atoms with Crippen molar-refractivity contribution in [2.45, 2.75) is 45.3 Å². The molecule has 1 aromatic heterocycles. The lowest BCUT2D eigenvalue weighted by Crippen LogP contribution is -2.42. The molecule has 17 heavy (non-hydrogen) atoms. The average molecular weight is 237 g/mol. The molecule has 1 aliphatic rings. The number of carbonyl (C=O) groups is 1. The van der Waals surface area contributed by atoms with Crippen molar-refractivity contribution in [1.29, 1.82) is 0 Å². The molecule has 94 valence electrons. The molecule has 0 aliphatic heterocycles. The summed E-state index contributed by atoms with van der Waals surface area (Å²) in [5.41, 5.74) is 0.957. The summed E-state index contributed by atoms with van der Waals surface area (Å²) < 4.78 is 6.85. The second-order valence-corrected chi connectivity index (χ2v) is 4.42. The summed E-state index contributed by atoms with van der Waals surface area (Å²) in [5.74, 6) is -0.187. The lowest BCUT2D eigenvalue weighted by Gasteiger charge is -2.16. The van der Waals surface area contributed by atoms with Crippen molar-refractivity contribution in [3.63, 3.8) is 0 Å². The Labute approximate surface area is 101 Å². The Morgan fingerprint density at radius 2 is 2.47 bits per heavy atom. The molecule has 5 nitrogen and oxygen atoms in total. The highest BCUT2D eigenvalue weighted by atomic mass is 16.5. The number of rotatable bonds is 6. The third kappa shape index (κ3) is 3.56. The number of esters is 1. The number of nitrogens with zero attached hydrogens (tertiary/aromatic N) is 2. The summed E-state index contributed by atoms with van der Waals surface area (Å²) in [5, 5.41) is 7.59. The molecule has 0 saturated heterocycles. The third-order valence-corrected chi connectivity index (χ3v) is 2.73. The monoisotopic (exact) mass is 237 g/mol. The smallest absolute Gasteiger partial charge is 0.325 e. The van der Waals surface area contributed by atoms with Gasteiger partial charge in [0, 0.05) is 12.2 Å². The molecule has 0 bridgehead atoms. The van der Waals surface area contributed by atoms with Crippen LogP contribution in [0.25, 0.3) is 0 Å². The summed E-state index contributed by atoms with van der Waals surface area (Å²) in [6.07, 6.45) is 4.18. The average Bonchev–Trinajstić information content (AvgIpc) is 3.01. The Bertz CT molecular complexity index is 385. The van der Waals surface area contributed by atoms with Crippen LogP contribution < -0.4 is 5.32 Å². The topological polar surface area (TPSA) is 56.2 Å². The van der Waals surface area contributed by atoms with E-state index in [1.54, 1.807) is 4.68 Å². The van der Waals surface area contributed by atoms with Crippen LogP contribution in [0.2, 0.25) is 0 Å². The van der Waals surface area contributed by atoms with Crippen molar-refractivity contribution in [2.75, 3.05) is 6.61 Å². The molecule has 0 aromatic carbocycles. The van der Waals surface area contributed by atoms with Gasteiger partial charge in [-0.1, -0.05) is 0 Å². The molecule has 5 heteroatoms. The summed E-state index contributed by atoms with van der Waals surface area (Å²) in [6, 6.07) is 2.11. The maximum atomic E-state index is 11.8. The van der Waals surface area contributed by atoms with Gasteiger partial charge in [-0.05, 0) is 32.8 Å². The number of nitrogens with one attached hydrogen (secondary N) is 1. The molecule has 1 aliphatic carbocycles. The number of carbonyl (C=O) groups excluding carboxylic acids is 1. The third-order valence-electron chi connectivity index (χ3n) is 2.73. The highest BCUT2D eigenvalue weighted by Gasteiger charge is 2.29. The molecule has 1 saturated carbocycles. The zero-order valence-corrected chi connectivity index (χ0v) is 10.3. The lowest BCUT2D eigenvalue weighted by atomic mass is 10.3. The number of hydrogen-bond acceptors (Lipinski definition) is 4. The first-order valence-electron chi connectivity index (χ1n) is 6.11. The summed E-state index contributed by atoms with van der Waals surface area (Å²) in [7, 11) is 0. The molecule has 1 unspecified atom stereocenters. The first kappa shape index (κ1) is 12.1. The van der Waals surface area contributed by atoms with Gasteiger partial charge in [-0.25, -0.2) is 0 Å². The predicted octanol–water partition coefficient (Wildman–Crippen LogP) is 0.875. The van der Waals surface area contributed by atoms with E-state index in [0.29, 0.717) is 19.2 Å². The fourth-order valence-electron chi connectivity index (χ4n) is 1.72. The van der Waals surface area contributed by atoms with Gasteiger partial charge in [0.25, 0.3) is 0 Å². The van der Waals surface area contributed by atoms with Crippen molar-refractivity contribution in [1.82, 2.24) is 15.1 Å². The maximum Gasteiger partial charge on any atom is 0.325 e. The van der Waals surface area contributed by atoms with Gasteiger partial charge >= 0.3 is 5.97 Å². The van der Waals surface area contributed by atoms with E-state index in [1.807, 2.05) is 26.1 Å². The molecule has 1 N–H and O–H groups in total. The fourth-order valence-corrected chi connectivity index (χ4v) is 1.72. The van der Waals surface area contributed by atoms with Gasteiger partial charge in [0.2, 0.25) is 0 Å². The zero-order chi connectivity index (χ0) is 12.3. The van der Waals surface area contributed by atoms with Gasteiger partial charge in [-0.2, -0.15) is 5.10 Å². The SMILES string of the molecule is CCOC(=O)C(Cn1ccc(C)n1)NC1CC1. The van der Waals surface area contributed by atoms with Crippen LogP contribution in [0, 0.1) is 6.92 Å². The zero-order valence-electron chi connectivity index (χ0n) is 10.3. The van der Waals surface area contributed by atoms with Crippen LogP contribution in [0.5, 0.6) is 0 Å². The van der Waals surface area contributed by atoms with Gasteiger partial charge in [0.15, 0.2) is 0 Å². The van der Waals surface area contributed by atoms with Crippen LogP contribution in [0.15, 0.2) is 12.3 Å². The van der Waals surface area contributed by atoms with E-state index in [0.717, 1.165) is 18.5 Å². The van der Waals surface area contributed by atoms with Crippen LogP contribution in [0.3, 0.4) is 0 Å². The van der Waals surface area contributed by atoms with E-state index >= 15 is 0 Å². The summed E-state index contributed by atoms with van der Waals surface area (Å²) in [6.45, 7) is 4.71. The number of ether oxygens (including phenoxy) is 1. The first-order valence-corrected chi connectivity index (χ1v) is 6.11. The number of hydrogen-bond donors (Lipinski definition) is 1. The van der Waals surface area contributed by atoms with E-state index in [9.17, 15) is 4.79 Å². The lowest BCUT2D eigenvalue weighted by molar-refractivity contribution is -0.146. The van der Waals surface area contributed by atoms with E-state index in [-0.39, 0.29) is 12.0 Å². The van der Waals surface area contributed by atoms with Gasteiger partial charge in [-0.3, -0.25) is 9.48 Å². The Balaban J connectivity index is 1.96. The molecule has 1 fully saturated rings. The first-order chi connectivity index (χ1) is 8.19. The molecule has 1 atom stereocenters. The van der Waals surface area contributed by atoms with E-state index in [4.69, 9.17) is 4.74 Å². The van der Waals surface area contributed by atoms with Gasteiger partial charge in [0.05, 0.1) is 18.8 Å². The minimum absolute atomic E-state index is 0.187. The molecule has 0 amide bonds. The van der Waals surface area contributed by atoms with E-state index in [2.05, 4.69) is 10.4 Å². The standard InChI is InChI=1S/C12H19N3O2/c1-3-17-12(16)11(13-10-4-5-10)8-15-7-6-9(2)14-15/h6-7,10-11,13H,3-5,8H2,1-2H3. The summed E-state index contributed by atoms with van der Waals surface area (Å²) >= 11 is 0. The van der Waals surface area contributed by atoms with Gasteiger partial charge in [0.1, 0.15) is 6.04 Å². The predicted molar refractivity (Wildman–Crippen MR) is 63.5 cm³/mol. The number of aromatic nitrogens is 2. The second kappa shape index (κ2) is 5.31. The second-order valence-electron chi connectivity index (χ2n) is 4.42. The Hall–Kier alpha value is -1.36. The van der Waals surface area contributed by atoms with Crippen molar-refractivity contribution >= 4 is 5.97 Å².